The molecule has 0 radical (unpaired) electrons. The van der Waals surface area contributed by atoms with Crippen molar-refractivity contribution < 1.29 is 9.53 Å². The number of aromatic nitrogens is 1. The van der Waals surface area contributed by atoms with Gasteiger partial charge in [-0.05, 0) is 0 Å². The Hall–Kier alpha value is -1.34. The first-order valence-electron chi connectivity index (χ1n) is 3.47. The molecule has 0 fully saturated rings. The molecule has 13 heavy (non-hydrogen) atoms. The number of hydrazine groups is 1. The van der Waals surface area contributed by atoms with Crippen molar-refractivity contribution >= 4 is 22.5 Å². The molecule has 0 bridgehead atoms. The van der Waals surface area contributed by atoms with Crippen LogP contribution in [0.4, 0.5) is 9.93 Å². The Labute approximate surface area is 79.1 Å². The van der Waals surface area contributed by atoms with Gasteiger partial charge in [0.05, 0.1) is 12.3 Å². The fourth-order valence-corrected chi connectivity index (χ4v) is 1.34. The van der Waals surface area contributed by atoms with E-state index < -0.39 is 6.03 Å². The maximum absolute atomic E-state index is 10.3. The molecule has 1 aromatic rings. The highest BCUT2D eigenvalue weighted by Crippen LogP contribution is 2.14. The monoisotopic (exact) mass is 202 g/mol. The van der Waals surface area contributed by atoms with E-state index in [0.717, 1.165) is 5.69 Å². The zero-order valence-corrected chi connectivity index (χ0v) is 7.85. The van der Waals surface area contributed by atoms with E-state index in [-0.39, 0.29) is 0 Å². The third kappa shape index (κ3) is 3.26. The molecule has 1 rings (SSSR count). The molecule has 0 aromatic carbocycles. The summed E-state index contributed by atoms with van der Waals surface area (Å²) in [4.78, 5) is 14.4. The van der Waals surface area contributed by atoms with E-state index in [9.17, 15) is 4.79 Å². The number of urea groups is 1. The SMILES string of the molecule is COCc1csc(NNC(N)=O)n1. The molecule has 0 atom stereocenters. The van der Waals surface area contributed by atoms with Crippen LogP contribution in [0.3, 0.4) is 0 Å². The first-order chi connectivity index (χ1) is 6.22. The van der Waals surface area contributed by atoms with Gasteiger partial charge in [-0.3, -0.25) is 5.43 Å². The average Bonchev–Trinajstić information content (AvgIpc) is 2.50. The first kappa shape index (κ1) is 9.75. The van der Waals surface area contributed by atoms with Crippen LogP contribution in [-0.4, -0.2) is 18.1 Å². The van der Waals surface area contributed by atoms with Gasteiger partial charge in [0.25, 0.3) is 0 Å². The second-order valence-electron chi connectivity index (χ2n) is 2.19. The number of carbonyl (C=O) groups is 1. The number of carbonyl (C=O) groups excluding carboxylic acids is 1. The summed E-state index contributed by atoms with van der Waals surface area (Å²) >= 11 is 1.36. The first-order valence-corrected chi connectivity index (χ1v) is 4.35. The highest BCUT2D eigenvalue weighted by Gasteiger charge is 2.00. The van der Waals surface area contributed by atoms with Gasteiger partial charge in [-0.25, -0.2) is 15.2 Å². The van der Waals surface area contributed by atoms with Gasteiger partial charge in [0.1, 0.15) is 0 Å². The van der Waals surface area contributed by atoms with Crippen molar-refractivity contribution in [2.24, 2.45) is 5.73 Å². The summed E-state index contributed by atoms with van der Waals surface area (Å²) in [6, 6.07) is -0.650. The van der Waals surface area contributed by atoms with Gasteiger partial charge in [-0.1, -0.05) is 0 Å². The zero-order valence-electron chi connectivity index (χ0n) is 7.03. The summed E-state index contributed by atoms with van der Waals surface area (Å²) < 4.78 is 4.87. The van der Waals surface area contributed by atoms with Crippen molar-refractivity contribution in [1.82, 2.24) is 10.4 Å². The van der Waals surface area contributed by atoms with E-state index >= 15 is 0 Å². The third-order valence-corrected chi connectivity index (χ3v) is 1.94. The largest absolute Gasteiger partial charge is 0.378 e. The van der Waals surface area contributed by atoms with Crippen LogP contribution in [0.5, 0.6) is 0 Å². The van der Waals surface area contributed by atoms with Crippen molar-refractivity contribution in [2.75, 3.05) is 12.5 Å². The summed E-state index contributed by atoms with van der Waals surface area (Å²) in [6.07, 6.45) is 0. The number of thiazole rings is 1. The summed E-state index contributed by atoms with van der Waals surface area (Å²) in [5, 5.41) is 2.40. The van der Waals surface area contributed by atoms with Crippen LogP contribution >= 0.6 is 11.3 Å². The van der Waals surface area contributed by atoms with Gasteiger partial charge in [-0.15, -0.1) is 11.3 Å². The van der Waals surface area contributed by atoms with Gasteiger partial charge in [-0.2, -0.15) is 0 Å². The number of rotatable bonds is 4. The van der Waals surface area contributed by atoms with Crippen LogP contribution in [0, 0.1) is 0 Å². The number of hydrogen-bond donors (Lipinski definition) is 3. The average molecular weight is 202 g/mol. The number of hydrogen-bond acceptors (Lipinski definition) is 5. The van der Waals surface area contributed by atoms with Gasteiger partial charge in [0.2, 0.25) is 5.13 Å². The van der Waals surface area contributed by atoms with Crippen molar-refractivity contribution in [3.63, 3.8) is 0 Å². The number of ether oxygens (including phenoxy) is 1. The maximum Gasteiger partial charge on any atom is 0.330 e. The summed E-state index contributed by atoms with van der Waals surface area (Å²) in [7, 11) is 1.59. The molecule has 72 valence electrons. The summed E-state index contributed by atoms with van der Waals surface area (Å²) in [5.74, 6) is 0. The molecule has 0 saturated carbocycles. The summed E-state index contributed by atoms with van der Waals surface area (Å²) in [5.41, 5.74) is 10.4. The van der Waals surface area contributed by atoms with Crippen molar-refractivity contribution in [3.8, 4) is 0 Å². The smallest absolute Gasteiger partial charge is 0.330 e. The van der Waals surface area contributed by atoms with Gasteiger partial charge in [0.15, 0.2) is 0 Å². The standard InChI is InChI=1S/C6H10N4O2S/c1-12-2-4-3-13-6(8-4)10-9-5(7)11/h3H,2H2,1H3,(H,8,10)(H3,7,9,11). The minimum Gasteiger partial charge on any atom is -0.378 e. The van der Waals surface area contributed by atoms with E-state index in [1.807, 2.05) is 5.38 Å². The Morgan fingerprint density at radius 2 is 2.62 bits per heavy atom. The Morgan fingerprint density at radius 3 is 3.23 bits per heavy atom. The van der Waals surface area contributed by atoms with Gasteiger partial charge >= 0.3 is 6.03 Å². The third-order valence-electron chi connectivity index (χ3n) is 1.14. The second-order valence-corrected chi connectivity index (χ2v) is 3.05. The number of anilines is 1. The van der Waals surface area contributed by atoms with E-state index in [1.54, 1.807) is 7.11 Å². The molecule has 6 nitrogen and oxygen atoms in total. The molecule has 0 spiro atoms. The molecule has 0 aliphatic heterocycles. The predicted molar refractivity (Wildman–Crippen MR) is 49.2 cm³/mol. The van der Waals surface area contributed by atoms with E-state index in [0.29, 0.717) is 11.7 Å². The fourth-order valence-electron chi connectivity index (χ4n) is 0.694. The Kier molecular flexibility index (Phi) is 3.47. The van der Waals surface area contributed by atoms with Gasteiger partial charge < -0.3 is 10.5 Å². The Morgan fingerprint density at radius 1 is 1.85 bits per heavy atom. The van der Waals surface area contributed by atoms with E-state index in [2.05, 4.69) is 15.8 Å². The molecule has 0 unspecified atom stereocenters. The van der Waals surface area contributed by atoms with Crippen LogP contribution in [0.25, 0.3) is 0 Å². The highest BCUT2D eigenvalue weighted by molar-refractivity contribution is 7.13. The van der Waals surface area contributed by atoms with Crippen LogP contribution in [0.15, 0.2) is 5.38 Å². The zero-order chi connectivity index (χ0) is 9.68. The number of nitrogens with one attached hydrogen (secondary N) is 2. The van der Waals surface area contributed by atoms with Crippen LogP contribution in [0.2, 0.25) is 0 Å². The summed E-state index contributed by atoms with van der Waals surface area (Å²) in [6.45, 7) is 0.453. The van der Waals surface area contributed by atoms with Crippen LogP contribution in [-0.2, 0) is 11.3 Å². The topological polar surface area (TPSA) is 89.3 Å². The fraction of sp³-hybridized carbons (Fsp3) is 0.333. The molecule has 1 aromatic heterocycles. The molecule has 0 aliphatic carbocycles. The Bertz CT molecular complexity index is 288. The van der Waals surface area contributed by atoms with Crippen molar-refractivity contribution in [2.45, 2.75) is 6.61 Å². The maximum atomic E-state index is 10.3. The number of nitrogens with two attached hydrogens (primary N) is 1. The minimum atomic E-state index is -0.650. The number of methoxy groups -OCH3 is 1. The molecule has 0 saturated heterocycles. The van der Waals surface area contributed by atoms with E-state index in [1.165, 1.54) is 11.3 Å². The molecular weight excluding hydrogens is 192 g/mol. The number of amides is 2. The normalized spacial score (nSPS) is 9.62. The lowest BCUT2D eigenvalue weighted by Gasteiger charge is -1.99. The molecule has 1 heterocycles. The van der Waals surface area contributed by atoms with Crippen LogP contribution in [0.1, 0.15) is 5.69 Å². The molecule has 7 heteroatoms. The second kappa shape index (κ2) is 4.63. The van der Waals surface area contributed by atoms with Crippen LogP contribution < -0.4 is 16.6 Å². The lowest BCUT2D eigenvalue weighted by Crippen LogP contribution is -2.34. The Balaban J connectivity index is 2.44. The minimum absolute atomic E-state index is 0.453. The highest BCUT2D eigenvalue weighted by atomic mass is 32.1. The lowest BCUT2D eigenvalue weighted by molar-refractivity contribution is 0.182. The van der Waals surface area contributed by atoms with Crippen molar-refractivity contribution in [1.29, 1.82) is 0 Å². The number of primary amides is 1. The molecule has 0 aliphatic rings. The molecular formula is C6H10N4O2S. The molecule has 2 amide bonds. The number of nitrogens with zero attached hydrogens (tertiary/aromatic N) is 1. The predicted octanol–water partition coefficient (Wildman–Crippen LogP) is 0.285. The van der Waals surface area contributed by atoms with E-state index in [4.69, 9.17) is 10.5 Å². The molecule has 4 N–H and O–H groups in total. The quantitative estimate of drug-likeness (QED) is 0.612. The van der Waals surface area contributed by atoms with Gasteiger partial charge in [0, 0.05) is 12.5 Å². The van der Waals surface area contributed by atoms with Crippen molar-refractivity contribution in [3.05, 3.63) is 11.1 Å². The lowest BCUT2D eigenvalue weighted by atomic mass is 10.5.